The van der Waals surface area contributed by atoms with Crippen LogP contribution in [0.3, 0.4) is 0 Å². The number of benzene rings is 1. The van der Waals surface area contributed by atoms with E-state index in [1.54, 1.807) is 0 Å². The Morgan fingerprint density at radius 1 is 1.35 bits per heavy atom. The van der Waals surface area contributed by atoms with Gasteiger partial charge in [0.15, 0.2) is 0 Å². The summed E-state index contributed by atoms with van der Waals surface area (Å²) < 4.78 is 0. The van der Waals surface area contributed by atoms with Crippen LogP contribution in [0.5, 0.6) is 0 Å². The van der Waals surface area contributed by atoms with E-state index in [0.29, 0.717) is 11.6 Å². The topological polar surface area (TPSA) is 53.6 Å². The highest BCUT2D eigenvalue weighted by Crippen LogP contribution is 2.35. The second kappa shape index (κ2) is 8.24. The van der Waals surface area contributed by atoms with Crippen molar-refractivity contribution in [2.45, 2.75) is 46.2 Å². The first-order valence-corrected chi connectivity index (χ1v) is 8.66. The van der Waals surface area contributed by atoms with Crippen molar-refractivity contribution in [1.29, 1.82) is 0 Å². The smallest absolute Gasteiger partial charge is 0.139 e. The summed E-state index contributed by atoms with van der Waals surface area (Å²) in [4.78, 5) is 6.57. The number of fused-ring (bicyclic) bond motifs is 1. The highest BCUT2D eigenvalue weighted by atomic mass is 35.5. The van der Waals surface area contributed by atoms with Gasteiger partial charge in [0.2, 0.25) is 0 Å². The summed E-state index contributed by atoms with van der Waals surface area (Å²) in [5.41, 5.74) is 9.10. The average Bonchev–Trinajstić information content (AvgIpc) is 2.54. The molecule has 3 N–H and O–H groups in total. The van der Waals surface area contributed by atoms with Gasteiger partial charge in [0.1, 0.15) is 12.0 Å². The summed E-state index contributed by atoms with van der Waals surface area (Å²) in [6, 6.07) is 3.94. The van der Waals surface area contributed by atoms with Crippen LogP contribution in [0, 0.1) is 11.8 Å². The molecule has 1 unspecified atom stereocenters. The average molecular weight is 333 g/mol. The van der Waals surface area contributed by atoms with Gasteiger partial charge in [-0.2, -0.15) is 0 Å². The SMILES string of the molecule is CCCCC#Cc1cc2c(cc1Cl)N(CC)C(N)C(=NCC)N2. The fraction of sp³-hybridized carbons (Fsp3) is 0.500. The number of nitrogens with two attached hydrogens (primary N) is 1. The predicted octanol–water partition coefficient (Wildman–Crippen LogP) is 3.84. The predicted molar refractivity (Wildman–Crippen MR) is 100 cm³/mol. The van der Waals surface area contributed by atoms with Crippen LogP contribution in [0.25, 0.3) is 0 Å². The monoisotopic (exact) mass is 332 g/mol. The van der Waals surface area contributed by atoms with E-state index in [4.69, 9.17) is 17.3 Å². The molecular weight excluding hydrogens is 308 g/mol. The highest BCUT2D eigenvalue weighted by Gasteiger charge is 2.28. The maximum Gasteiger partial charge on any atom is 0.139 e. The molecule has 0 saturated heterocycles. The Morgan fingerprint density at radius 3 is 2.78 bits per heavy atom. The van der Waals surface area contributed by atoms with E-state index in [9.17, 15) is 0 Å². The largest absolute Gasteiger partial charge is 0.348 e. The van der Waals surface area contributed by atoms with E-state index in [0.717, 1.165) is 48.6 Å². The fourth-order valence-electron chi connectivity index (χ4n) is 2.60. The van der Waals surface area contributed by atoms with Crippen molar-refractivity contribution in [3.63, 3.8) is 0 Å². The number of hydrogen-bond acceptors (Lipinski definition) is 3. The van der Waals surface area contributed by atoms with E-state index >= 15 is 0 Å². The van der Waals surface area contributed by atoms with Gasteiger partial charge < -0.3 is 16.0 Å². The third kappa shape index (κ3) is 3.99. The lowest BCUT2D eigenvalue weighted by molar-refractivity contribution is 0.747. The summed E-state index contributed by atoms with van der Waals surface area (Å²) in [6.45, 7) is 7.72. The quantitative estimate of drug-likeness (QED) is 0.650. The Kier molecular flexibility index (Phi) is 6.32. The van der Waals surface area contributed by atoms with Gasteiger partial charge >= 0.3 is 0 Å². The molecule has 0 fully saturated rings. The Balaban J connectivity index is 2.39. The number of nitrogens with zero attached hydrogens (tertiary/aromatic N) is 2. The second-order valence-corrected chi connectivity index (χ2v) is 5.88. The highest BCUT2D eigenvalue weighted by molar-refractivity contribution is 6.32. The van der Waals surface area contributed by atoms with Crippen molar-refractivity contribution >= 4 is 28.8 Å². The maximum atomic E-state index is 6.41. The zero-order valence-electron chi connectivity index (χ0n) is 14.1. The molecule has 1 aromatic rings. The number of unbranched alkanes of at least 4 members (excludes halogenated alkanes) is 2. The van der Waals surface area contributed by atoms with Crippen LogP contribution in [-0.2, 0) is 0 Å². The van der Waals surface area contributed by atoms with Crippen LogP contribution in [-0.4, -0.2) is 25.1 Å². The van der Waals surface area contributed by atoms with Crippen molar-refractivity contribution in [3.05, 3.63) is 22.7 Å². The minimum atomic E-state index is -0.273. The molecule has 1 aliphatic heterocycles. The van der Waals surface area contributed by atoms with E-state index in [1.807, 2.05) is 19.1 Å². The molecule has 124 valence electrons. The summed E-state index contributed by atoms with van der Waals surface area (Å²) >= 11 is 6.41. The first kappa shape index (κ1) is 17.7. The molecule has 1 aliphatic rings. The molecule has 0 aromatic heterocycles. The number of nitrogens with one attached hydrogen (secondary N) is 1. The third-order valence-corrected chi connectivity index (χ3v) is 4.13. The van der Waals surface area contributed by atoms with Crippen LogP contribution < -0.4 is 16.0 Å². The fourth-order valence-corrected chi connectivity index (χ4v) is 2.80. The van der Waals surface area contributed by atoms with Crippen LogP contribution in [0.4, 0.5) is 11.4 Å². The standard InChI is InChI=1S/C18H25ClN4/c1-4-7-8-9-10-13-11-15-16(12-14(13)19)23(6-3)17(20)18(22-15)21-5-2/h11-12,17H,4-8,20H2,1-3H3,(H,21,22). The van der Waals surface area contributed by atoms with Gasteiger partial charge in [0.05, 0.1) is 16.4 Å². The van der Waals surface area contributed by atoms with E-state index in [1.165, 1.54) is 0 Å². The van der Waals surface area contributed by atoms with Crippen LogP contribution in [0.1, 0.15) is 45.6 Å². The second-order valence-electron chi connectivity index (χ2n) is 5.47. The number of likely N-dealkylation sites (N-methyl/N-ethyl adjacent to an activating group) is 1. The minimum absolute atomic E-state index is 0.273. The third-order valence-electron chi connectivity index (χ3n) is 3.82. The first-order chi connectivity index (χ1) is 11.1. The number of anilines is 2. The van der Waals surface area contributed by atoms with Crippen molar-refractivity contribution in [1.82, 2.24) is 0 Å². The van der Waals surface area contributed by atoms with Gasteiger partial charge in [-0.05, 0) is 32.4 Å². The van der Waals surface area contributed by atoms with Gasteiger partial charge in [0.25, 0.3) is 0 Å². The summed E-state index contributed by atoms with van der Waals surface area (Å²) in [7, 11) is 0. The number of hydrogen-bond donors (Lipinski definition) is 2. The van der Waals surface area contributed by atoms with E-state index in [-0.39, 0.29) is 6.17 Å². The molecule has 2 rings (SSSR count). The van der Waals surface area contributed by atoms with Gasteiger partial charge in [0, 0.05) is 25.1 Å². The maximum absolute atomic E-state index is 6.41. The van der Waals surface area contributed by atoms with Gasteiger partial charge in [-0.25, -0.2) is 0 Å². The summed E-state index contributed by atoms with van der Waals surface area (Å²) in [5.74, 6) is 7.15. The Bertz CT molecular complexity index is 642. The lowest BCUT2D eigenvalue weighted by Gasteiger charge is -2.37. The lowest BCUT2D eigenvalue weighted by Crippen LogP contribution is -2.53. The molecular formula is C18H25ClN4. The molecule has 0 aliphatic carbocycles. The number of halogens is 1. The Hall–Kier alpha value is -1.70. The van der Waals surface area contributed by atoms with Gasteiger partial charge in [-0.3, -0.25) is 4.99 Å². The molecule has 23 heavy (non-hydrogen) atoms. The molecule has 0 radical (unpaired) electrons. The number of amidine groups is 1. The van der Waals surface area contributed by atoms with Crippen LogP contribution in [0.15, 0.2) is 17.1 Å². The van der Waals surface area contributed by atoms with Crippen molar-refractivity contribution in [2.75, 3.05) is 23.3 Å². The normalized spacial score (nSPS) is 18.2. The number of aliphatic imine (C=N–C) groups is 1. The molecule has 0 spiro atoms. The van der Waals surface area contributed by atoms with Crippen molar-refractivity contribution < 1.29 is 0 Å². The molecule has 1 heterocycles. The Labute approximate surface area is 144 Å². The molecule has 4 nitrogen and oxygen atoms in total. The van der Waals surface area contributed by atoms with Crippen molar-refractivity contribution in [3.8, 4) is 11.8 Å². The molecule has 5 heteroatoms. The molecule has 0 saturated carbocycles. The van der Waals surface area contributed by atoms with Gasteiger partial charge in [-0.1, -0.05) is 36.8 Å². The molecule has 1 aromatic carbocycles. The molecule has 1 atom stereocenters. The number of rotatable bonds is 4. The first-order valence-electron chi connectivity index (χ1n) is 8.28. The summed E-state index contributed by atoms with van der Waals surface area (Å²) in [6.07, 6.45) is 2.88. The minimum Gasteiger partial charge on any atom is -0.348 e. The zero-order valence-corrected chi connectivity index (χ0v) is 14.9. The lowest BCUT2D eigenvalue weighted by atomic mass is 10.1. The van der Waals surface area contributed by atoms with Crippen LogP contribution >= 0.6 is 11.6 Å². The molecule has 0 bridgehead atoms. The van der Waals surface area contributed by atoms with Crippen molar-refractivity contribution in [2.24, 2.45) is 10.7 Å². The van der Waals surface area contributed by atoms with E-state index in [2.05, 4.69) is 40.9 Å². The van der Waals surface area contributed by atoms with Crippen LogP contribution in [0.2, 0.25) is 5.02 Å². The summed E-state index contributed by atoms with van der Waals surface area (Å²) in [5, 5.41) is 4.00. The zero-order chi connectivity index (χ0) is 16.8. The Morgan fingerprint density at radius 2 is 2.13 bits per heavy atom. The van der Waals surface area contributed by atoms with E-state index < -0.39 is 0 Å². The van der Waals surface area contributed by atoms with Gasteiger partial charge in [-0.15, -0.1) is 0 Å². The molecule has 0 amide bonds.